The maximum absolute atomic E-state index is 11.8. The quantitative estimate of drug-likeness (QED) is 0.213. The van der Waals surface area contributed by atoms with Gasteiger partial charge in [-0.2, -0.15) is 10.4 Å². The van der Waals surface area contributed by atoms with Gasteiger partial charge in [-0.3, -0.25) is 4.79 Å². The van der Waals surface area contributed by atoms with Crippen molar-refractivity contribution in [3.05, 3.63) is 48.2 Å². The second-order valence-corrected chi connectivity index (χ2v) is 10.8. The zero-order valence-electron chi connectivity index (χ0n) is 22.5. The number of carbonyl (C=O) groups excluding carboxylic acids is 1. The van der Waals surface area contributed by atoms with Crippen molar-refractivity contribution in [2.24, 2.45) is 0 Å². The molecule has 196 valence electrons. The van der Waals surface area contributed by atoms with E-state index in [4.69, 9.17) is 20.3 Å². The second-order valence-electron chi connectivity index (χ2n) is 10.8. The lowest BCUT2D eigenvalue weighted by atomic mass is 10.1. The largest absolute Gasteiger partial charge is 0.492 e. The highest BCUT2D eigenvalue weighted by Gasteiger charge is 2.26. The Morgan fingerprint density at radius 3 is 2.35 bits per heavy atom. The molecule has 1 aromatic carbocycles. The topological polar surface area (TPSA) is 128 Å². The number of unbranched alkanes of at least 4 members (excludes halogenated alkanes) is 1. The first-order valence-corrected chi connectivity index (χ1v) is 12.3. The summed E-state index contributed by atoms with van der Waals surface area (Å²) in [4.78, 5) is 16.3. The van der Waals surface area contributed by atoms with Crippen LogP contribution in [0.25, 0.3) is 11.3 Å². The van der Waals surface area contributed by atoms with Crippen LogP contribution in [0.5, 0.6) is 5.75 Å². The Morgan fingerprint density at radius 1 is 1.08 bits per heavy atom. The van der Waals surface area contributed by atoms with Crippen LogP contribution >= 0.6 is 0 Å². The van der Waals surface area contributed by atoms with Crippen molar-refractivity contribution >= 4 is 23.3 Å². The van der Waals surface area contributed by atoms with E-state index in [0.29, 0.717) is 53.8 Å². The number of hydrogen-bond acceptors (Lipinski definition) is 8. The van der Waals surface area contributed by atoms with E-state index >= 15 is 0 Å². The molecular weight excluding hydrogens is 468 g/mol. The maximum atomic E-state index is 11.8. The van der Waals surface area contributed by atoms with Crippen LogP contribution in [0.1, 0.15) is 66.4 Å². The lowest BCUT2D eigenvalue weighted by Crippen LogP contribution is -2.24. The van der Waals surface area contributed by atoms with Crippen molar-refractivity contribution in [1.29, 1.82) is 5.26 Å². The van der Waals surface area contributed by atoms with Crippen LogP contribution in [0.2, 0.25) is 0 Å². The van der Waals surface area contributed by atoms with Crippen LogP contribution in [-0.2, 0) is 15.1 Å². The van der Waals surface area contributed by atoms with E-state index in [1.165, 1.54) is 0 Å². The summed E-state index contributed by atoms with van der Waals surface area (Å²) in [5.41, 5.74) is 7.43. The summed E-state index contributed by atoms with van der Waals surface area (Å²) < 4.78 is 12.9. The Balaban J connectivity index is 1.67. The average molecular weight is 505 g/mol. The number of carbonyl (C=O) groups is 1. The standard InChI is InChI=1S/C28H36N6O3/c1-27(2,3)34-26(22(17-29)25(33-34)19-10-12-20(30)13-11-19)32-23-15-14-21(18-31-23)36-16-8-7-9-24(35)37-28(4,5)6/h10-15,18H,7-9,16,30H2,1-6H3,(H,31,32). The molecule has 2 heterocycles. The number of nitrogen functional groups attached to an aromatic ring is 1. The van der Waals surface area contributed by atoms with Crippen molar-refractivity contribution in [2.45, 2.75) is 71.9 Å². The van der Waals surface area contributed by atoms with Gasteiger partial charge in [0.2, 0.25) is 0 Å². The van der Waals surface area contributed by atoms with Crippen molar-refractivity contribution < 1.29 is 14.3 Å². The third kappa shape index (κ3) is 7.71. The Hall–Kier alpha value is -4.06. The maximum Gasteiger partial charge on any atom is 0.306 e. The number of benzene rings is 1. The second kappa shape index (κ2) is 11.3. The Labute approximate surface area is 218 Å². The zero-order valence-corrected chi connectivity index (χ0v) is 22.5. The fourth-order valence-electron chi connectivity index (χ4n) is 3.58. The summed E-state index contributed by atoms with van der Waals surface area (Å²) in [6, 6.07) is 13.2. The molecule has 3 aromatic rings. The van der Waals surface area contributed by atoms with Gasteiger partial charge in [-0.05, 0) is 78.6 Å². The Kier molecular flexibility index (Phi) is 8.43. The molecule has 0 amide bonds. The van der Waals surface area contributed by atoms with Crippen LogP contribution < -0.4 is 15.8 Å². The van der Waals surface area contributed by atoms with Gasteiger partial charge in [0, 0.05) is 17.7 Å². The summed E-state index contributed by atoms with van der Waals surface area (Å²) in [5, 5.41) is 18.0. The molecule has 3 N–H and O–H groups in total. The van der Waals surface area contributed by atoms with Crippen molar-refractivity contribution in [1.82, 2.24) is 14.8 Å². The number of esters is 1. The Morgan fingerprint density at radius 2 is 1.78 bits per heavy atom. The molecule has 0 radical (unpaired) electrons. The van der Waals surface area contributed by atoms with Gasteiger partial charge in [-0.25, -0.2) is 9.67 Å². The van der Waals surface area contributed by atoms with Crippen LogP contribution in [0.3, 0.4) is 0 Å². The summed E-state index contributed by atoms with van der Waals surface area (Å²) in [5.74, 6) is 1.54. The molecule has 9 heteroatoms. The molecule has 0 unspecified atom stereocenters. The van der Waals surface area contributed by atoms with Gasteiger partial charge >= 0.3 is 5.97 Å². The first-order chi connectivity index (χ1) is 17.4. The summed E-state index contributed by atoms with van der Waals surface area (Å²) in [7, 11) is 0. The third-order valence-electron chi connectivity index (χ3n) is 5.26. The number of anilines is 3. The normalized spacial score (nSPS) is 11.6. The van der Waals surface area contributed by atoms with Crippen molar-refractivity contribution in [2.75, 3.05) is 17.7 Å². The van der Waals surface area contributed by atoms with E-state index in [-0.39, 0.29) is 11.5 Å². The van der Waals surface area contributed by atoms with Crippen molar-refractivity contribution in [3.63, 3.8) is 0 Å². The number of hydrogen-bond donors (Lipinski definition) is 2. The number of nitrogens with zero attached hydrogens (tertiary/aromatic N) is 4. The van der Waals surface area contributed by atoms with E-state index in [1.54, 1.807) is 29.1 Å². The number of rotatable bonds is 9. The van der Waals surface area contributed by atoms with E-state index in [0.717, 1.165) is 12.0 Å². The van der Waals surface area contributed by atoms with Crippen LogP contribution in [0, 0.1) is 11.3 Å². The van der Waals surface area contributed by atoms with E-state index in [1.807, 2.05) is 59.7 Å². The predicted molar refractivity (Wildman–Crippen MR) is 144 cm³/mol. The van der Waals surface area contributed by atoms with E-state index in [2.05, 4.69) is 16.4 Å². The molecule has 0 spiro atoms. The van der Waals surface area contributed by atoms with Gasteiger partial charge in [0.1, 0.15) is 40.3 Å². The smallest absolute Gasteiger partial charge is 0.306 e. The predicted octanol–water partition coefficient (Wildman–Crippen LogP) is 5.79. The highest BCUT2D eigenvalue weighted by molar-refractivity contribution is 5.76. The molecule has 3 rings (SSSR count). The molecule has 9 nitrogen and oxygen atoms in total. The van der Waals surface area contributed by atoms with Crippen LogP contribution in [0.15, 0.2) is 42.6 Å². The fraction of sp³-hybridized carbons (Fsp3) is 0.429. The molecule has 0 saturated heterocycles. The molecule has 2 aromatic heterocycles. The van der Waals surface area contributed by atoms with Gasteiger partial charge in [-0.15, -0.1) is 0 Å². The summed E-state index contributed by atoms with van der Waals surface area (Å²) in [6.45, 7) is 12.1. The fourth-order valence-corrected chi connectivity index (χ4v) is 3.58. The van der Waals surface area contributed by atoms with E-state index < -0.39 is 5.60 Å². The lowest BCUT2D eigenvalue weighted by Gasteiger charge is -2.22. The molecule has 0 bridgehead atoms. The molecule has 0 aliphatic carbocycles. The van der Waals surface area contributed by atoms with Gasteiger partial charge in [0.05, 0.1) is 18.3 Å². The number of pyridine rings is 1. The number of nitrogens with two attached hydrogens (primary N) is 1. The van der Waals surface area contributed by atoms with Gasteiger partial charge in [0.15, 0.2) is 0 Å². The molecule has 0 atom stereocenters. The number of nitriles is 1. The molecule has 37 heavy (non-hydrogen) atoms. The minimum atomic E-state index is -0.467. The Bertz CT molecular complexity index is 1240. The SMILES string of the molecule is CC(C)(C)OC(=O)CCCCOc1ccc(Nc2c(C#N)c(-c3ccc(N)cc3)nn2C(C)(C)C)nc1. The number of aromatic nitrogens is 3. The zero-order chi connectivity index (χ0) is 27.2. The first-order valence-electron chi connectivity index (χ1n) is 12.3. The lowest BCUT2D eigenvalue weighted by molar-refractivity contribution is -0.154. The monoisotopic (exact) mass is 504 g/mol. The minimum Gasteiger partial charge on any atom is -0.492 e. The highest BCUT2D eigenvalue weighted by atomic mass is 16.6. The first kappa shape index (κ1) is 27.5. The average Bonchev–Trinajstić information content (AvgIpc) is 3.18. The summed E-state index contributed by atoms with van der Waals surface area (Å²) >= 11 is 0. The number of ether oxygens (including phenoxy) is 2. The van der Waals surface area contributed by atoms with Crippen LogP contribution in [-0.4, -0.2) is 32.9 Å². The minimum absolute atomic E-state index is 0.199. The third-order valence-corrected chi connectivity index (χ3v) is 5.26. The molecule has 0 aliphatic rings. The highest BCUT2D eigenvalue weighted by Crippen LogP contribution is 2.34. The van der Waals surface area contributed by atoms with Crippen molar-refractivity contribution in [3.8, 4) is 23.1 Å². The molecule has 0 saturated carbocycles. The van der Waals surface area contributed by atoms with Gasteiger partial charge in [0.25, 0.3) is 0 Å². The van der Waals surface area contributed by atoms with E-state index in [9.17, 15) is 10.1 Å². The van der Waals surface area contributed by atoms with Gasteiger partial charge < -0.3 is 20.5 Å². The number of nitrogens with one attached hydrogen (secondary N) is 1. The molecular formula is C28H36N6O3. The molecule has 0 fully saturated rings. The van der Waals surface area contributed by atoms with Crippen LogP contribution in [0.4, 0.5) is 17.3 Å². The molecule has 0 aliphatic heterocycles. The summed E-state index contributed by atoms with van der Waals surface area (Å²) in [6.07, 6.45) is 3.40. The van der Waals surface area contributed by atoms with Gasteiger partial charge in [-0.1, -0.05) is 12.1 Å².